The van der Waals surface area contributed by atoms with E-state index < -0.39 is 11.9 Å². The molecule has 0 amide bonds. The van der Waals surface area contributed by atoms with Crippen LogP contribution in [0.15, 0.2) is 6.07 Å². The predicted octanol–water partition coefficient (Wildman–Crippen LogP) is 2.77. The van der Waals surface area contributed by atoms with Gasteiger partial charge in [-0.25, -0.2) is 4.98 Å². The largest absolute Gasteiger partial charge is 0.433 e. The van der Waals surface area contributed by atoms with E-state index in [0.717, 1.165) is 32.1 Å². The highest BCUT2D eigenvalue weighted by Gasteiger charge is 2.33. The van der Waals surface area contributed by atoms with Gasteiger partial charge in [-0.2, -0.15) is 18.2 Å². The Balaban J connectivity index is 2.00. The lowest BCUT2D eigenvalue weighted by molar-refractivity contribution is -0.141. The third-order valence-electron chi connectivity index (χ3n) is 3.23. The molecular formula is C13H19F3N4O. The number of aromatic nitrogens is 2. The number of rotatable bonds is 6. The third kappa shape index (κ3) is 4.73. The lowest BCUT2D eigenvalue weighted by Gasteiger charge is -2.13. The Hall–Kier alpha value is -1.57. The monoisotopic (exact) mass is 304 g/mol. The van der Waals surface area contributed by atoms with Crippen LogP contribution in [0.1, 0.15) is 25.5 Å². The van der Waals surface area contributed by atoms with E-state index in [9.17, 15) is 13.2 Å². The van der Waals surface area contributed by atoms with Crippen LogP contribution in [-0.2, 0) is 10.9 Å². The van der Waals surface area contributed by atoms with Gasteiger partial charge in [0.25, 0.3) is 0 Å². The van der Waals surface area contributed by atoms with Gasteiger partial charge in [0.1, 0.15) is 5.82 Å². The average Bonchev–Trinajstić information content (AvgIpc) is 2.91. The molecule has 0 bridgehead atoms. The van der Waals surface area contributed by atoms with Gasteiger partial charge in [-0.15, -0.1) is 0 Å². The highest BCUT2D eigenvalue weighted by atomic mass is 19.4. The maximum Gasteiger partial charge on any atom is 0.433 e. The van der Waals surface area contributed by atoms with Crippen molar-refractivity contribution >= 4 is 11.8 Å². The molecule has 1 aromatic rings. The van der Waals surface area contributed by atoms with Crippen LogP contribution in [0.4, 0.5) is 24.9 Å². The molecule has 1 unspecified atom stereocenters. The summed E-state index contributed by atoms with van der Waals surface area (Å²) in [7, 11) is 0. The Kier molecular flexibility index (Phi) is 5.22. The number of halogens is 3. The molecule has 118 valence electrons. The molecule has 1 fully saturated rings. The molecule has 1 aliphatic heterocycles. The summed E-state index contributed by atoms with van der Waals surface area (Å²) in [6.07, 6.45) is -2.63. The summed E-state index contributed by atoms with van der Waals surface area (Å²) in [5.41, 5.74) is -0.944. The summed E-state index contributed by atoms with van der Waals surface area (Å²) in [6.45, 7) is 4.29. The molecular weight excluding hydrogens is 285 g/mol. The van der Waals surface area contributed by atoms with Gasteiger partial charge in [0.15, 0.2) is 5.69 Å². The van der Waals surface area contributed by atoms with Crippen LogP contribution < -0.4 is 10.6 Å². The molecule has 21 heavy (non-hydrogen) atoms. The zero-order valence-corrected chi connectivity index (χ0v) is 11.8. The molecule has 1 atom stereocenters. The Morgan fingerprint density at radius 2 is 2.14 bits per heavy atom. The lowest BCUT2D eigenvalue weighted by atomic mass is 10.1. The van der Waals surface area contributed by atoms with E-state index in [2.05, 4.69) is 20.6 Å². The Morgan fingerprint density at radius 3 is 2.76 bits per heavy atom. The molecule has 1 saturated heterocycles. The average molecular weight is 304 g/mol. The van der Waals surface area contributed by atoms with E-state index >= 15 is 0 Å². The van der Waals surface area contributed by atoms with Crippen LogP contribution in [0.2, 0.25) is 0 Å². The van der Waals surface area contributed by atoms with E-state index in [1.807, 2.05) is 0 Å². The number of alkyl halides is 3. The van der Waals surface area contributed by atoms with Crippen molar-refractivity contribution in [2.24, 2.45) is 5.92 Å². The standard InChI is InChI=1S/C13H19F3N4O/c1-2-17-12-19-10(13(14,15)16)7-11(20-12)18-5-3-9-4-6-21-8-9/h7,9H,2-6,8H2,1H3,(H2,17,18,19,20). The highest BCUT2D eigenvalue weighted by molar-refractivity contribution is 5.43. The fourth-order valence-corrected chi connectivity index (χ4v) is 2.14. The number of nitrogens with one attached hydrogen (secondary N) is 2. The first-order chi connectivity index (χ1) is 9.99. The van der Waals surface area contributed by atoms with Crippen LogP contribution in [0.3, 0.4) is 0 Å². The topological polar surface area (TPSA) is 59.1 Å². The van der Waals surface area contributed by atoms with Gasteiger partial charge in [0.2, 0.25) is 5.95 Å². The minimum atomic E-state index is -4.48. The summed E-state index contributed by atoms with van der Waals surface area (Å²) >= 11 is 0. The van der Waals surface area contributed by atoms with E-state index in [-0.39, 0.29) is 11.8 Å². The molecule has 0 spiro atoms. The Labute approximate surface area is 121 Å². The zero-order chi connectivity index (χ0) is 15.3. The predicted molar refractivity (Wildman–Crippen MR) is 73.2 cm³/mol. The van der Waals surface area contributed by atoms with E-state index in [0.29, 0.717) is 19.0 Å². The zero-order valence-electron chi connectivity index (χ0n) is 11.8. The second kappa shape index (κ2) is 6.93. The fraction of sp³-hybridized carbons (Fsp3) is 0.692. The summed E-state index contributed by atoms with van der Waals surface area (Å²) in [4.78, 5) is 7.51. The summed E-state index contributed by atoms with van der Waals surface area (Å²) in [5, 5.41) is 5.65. The molecule has 1 aromatic heterocycles. The molecule has 2 N–H and O–H groups in total. The normalized spacial score (nSPS) is 18.8. The number of anilines is 2. The molecule has 5 nitrogen and oxygen atoms in total. The number of hydrogen-bond donors (Lipinski definition) is 2. The van der Waals surface area contributed by atoms with Gasteiger partial charge in [-0.1, -0.05) is 0 Å². The molecule has 2 rings (SSSR count). The summed E-state index contributed by atoms with van der Waals surface area (Å²) in [5.74, 6) is 0.640. The highest BCUT2D eigenvalue weighted by Crippen LogP contribution is 2.29. The smallest absolute Gasteiger partial charge is 0.381 e. The maximum absolute atomic E-state index is 12.8. The molecule has 1 aliphatic rings. The van der Waals surface area contributed by atoms with Crippen molar-refractivity contribution < 1.29 is 17.9 Å². The summed E-state index contributed by atoms with van der Waals surface area (Å²) < 4.78 is 43.6. The Morgan fingerprint density at radius 1 is 1.33 bits per heavy atom. The van der Waals surface area contributed by atoms with Crippen molar-refractivity contribution in [1.29, 1.82) is 0 Å². The number of hydrogen-bond acceptors (Lipinski definition) is 5. The number of ether oxygens (including phenoxy) is 1. The quantitative estimate of drug-likeness (QED) is 0.846. The van der Waals surface area contributed by atoms with Crippen molar-refractivity contribution in [3.05, 3.63) is 11.8 Å². The van der Waals surface area contributed by atoms with Gasteiger partial charge < -0.3 is 15.4 Å². The van der Waals surface area contributed by atoms with E-state index in [1.54, 1.807) is 6.92 Å². The van der Waals surface area contributed by atoms with Gasteiger partial charge in [-0.05, 0) is 25.7 Å². The summed E-state index contributed by atoms with van der Waals surface area (Å²) in [6, 6.07) is 0.936. The molecule has 0 radical (unpaired) electrons. The fourth-order valence-electron chi connectivity index (χ4n) is 2.14. The first kappa shape index (κ1) is 15.8. The van der Waals surface area contributed by atoms with Crippen molar-refractivity contribution in [2.45, 2.75) is 25.9 Å². The molecule has 8 heteroatoms. The molecule has 0 saturated carbocycles. The van der Waals surface area contributed by atoms with Crippen LogP contribution in [-0.4, -0.2) is 36.3 Å². The van der Waals surface area contributed by atoms with Gasteiger partial charge in [0.05, 0.1) is 0 Å². The van der Waals surface area contributed by atoms with Gasteiger partial charge in [-0.3, -0.25) is 0 Å². The minimum Gasteiger partial charge on any atom is -0.381 e. The molecule has 0 aliphatic carbocycles. The first-order valence-electron chi connectivity index (χ1n) is 7.01. The SMILES string of the molecule is CCNc1nc(NCCC2CCOC2)cc(C(F)(F)F)n1. The van der Waals surface area contributed by atoms with E-state index in [1.165, 1.54) is 0 Å². The second-order valence-electron chi connectivity index (χ2n) is 4.94. The van der Waals surface area contributed by atoms with Crippen LogP contribution in [0, 0.1) is 5.92 Å². The second-order valence-corrected chi connectivity index (χ2v) is 4.94. The van der Waals surface area contributed by atoms with Crippen molar-refractivity contribution in [2.75, 3.05) is 36.9 Å². The number of nitrogens with zero attached hydrogens (tertiary/aromatic N) is 2. The van der Waals surface area contributed by atoms with Crippen molar-refractivity contribution in [3.8, 4) is 0 Å². The third-order valence-corrected chi connectivity index (χ3v) is 3.23. The maximum atomic E-state index is 12.8. The van der Waals surface area contributed by atoms with E-state index in [4.69, 9.17) is 4.74 Å². The molecule has 2 heterocycles. The van der Waals surface area contributed by atoms with Crippen LogP contribution in [0.25, 0.3) is 0 Å². The Bertz CT molecular complexity index is 461. The van der Waals surface area contributed by atoms with Gasteiger partial charge in [0, 0.05) is 32.4 Å². The van der Waals surface area contributed by atoms with Crippen molar-refractivity contribution in [1.82, 2.24) is 9.97 Å². The first-order valence-corrected chi connectivity index (χ1v) is 7.01. The van der Waals surface area contributed by atoms with Crippen LogP contribution in [0.5, 0.6) is 0 Å². The van der Waals surface area contributed by atoms with Crippen molar-refractivity contribution in [3.63, 3.8) is 0 Å². The van der Waals surface area contributed by atoms with Gasteiger partial charge >= 0.3 is 6.18 Å². The molecule has 0 aromatic carbocycles. The van der Waals surface area contributed by atoms with Crippen LogP contribution >= 0.6 is 0 Å². The minimum absolute atomic E-state index is 0.0148. The lowest BCUT2D eigenvalue weighted by Crippen LogP contribution is -2.15.